The summed E-state index contributed by atoms with van der Waals surface area (Å²) in [6.07, 6.45) is 0. The molecule has 5 heteroatoms. The number of ether oxygens (including phenoxy) is 1. The predicted octanol–water partition coefficient (Wildman–Crippen LogP) is -0.0610. The topological polar surface area (TPSA) is 74.3 Å². The first-order valence-electron chi connectivity index (χ1n) is 4.50. The number of carbonyl (C=O) groups is 1. The van der Waals surface area contributed by atoms with E-state index in [2.05, 4.69) is 4.74 Å². The molecule has 1 heterocycles. The maximum atomic E-state index is 11.7. The van der Waals surface area contributed by atoms with E-state index in [4.69, 9.17) is 5.73 Å². The minimum absolute atomic E-state index is 0.0252. The zero-order chi connectivity index (χ0) is 11.6. The van der Waals surface area contributed by atoms with E-state index < -0.39 is 5.97 Å². The van der Waals surface area contributed by atoms with Crippen molar-refractivity contribution in [1.29, 1.82) is 0 Å². The molecule has 0 saturated heterocycles. The maximum absolute atomic E-state index is 11.7. The lowest BCUT2D eigenvalue weighted by atomic mass is 10.1. The van der Waals surface area contributed by atoms with E-state index in [0.29, 0.717) is 5.69 Å². The van der Waals surface area contributed by atoms with Crippen molar-refractivity contribution >= 4 is 5.97 Å². The molecule has 2 N–H and O–H groups in total. The van der Waals surface area contributed by atoms with Gasteiger partial charge in [-0.05, 0) is 13.0 Å². The zero-order valence-electron chi connectivity index (χ0n) is 9.03. The highest BCUT2D eigenvalue weighted by Crippen LogP contribution is 2.07. The average molecular weight is 210 g/mol. The number of nitrogens with two attached hydrogens (primary N) is 1. The van der Waals surface area contributed by atoms with E-state index in [-0.39, 0.29) is 23.2 Å². The lowest BCUT2D eigenvalue weighted by Crippen LogP contribution is -2.28. The van der Waals surface area contributed by atoms with Gasteiger partial charge in [-0.15, -0.1) is 0 Å². The molecule has 0 unspecified atom stereocenters. The Morgan fingerprint density at radius 1 is 1.60 bits per heavy atom. The Bertz CT molecular complexity index is 449. The summed E-state index contributed by atoms with van der Waals surface area (Å²) in [5.41, 5.74) is 6.42. The van der Waals surface area contributed by atoms with Crippen molar-refractivity contribution in [3.8, 4) is 0 Å². The van der Waals surface area contributed by atoms with Crippen LogP contribution in [0.1, 0.15) is 21.6 Å². The Labute approximate surface area is 87.5 Å². The van der Waals surface area contributed by atoms with Crippen molar-refractivity contribution in [3.63, 3.8) is 0 Å². The Morgan fingerprint density at radius 2 is 2.20 bits per heavy atom. The van der Waals surface area contributed by atoms with Crippen LogP contribution in [0.25, 0.3) is 0 Å². The summed E-state index contributed by atoms with van der Waals surface area (Å²) in [5.74, 6) is -0.531. The van der Waals surface area contributed by atoms with Gasteiger partial charge in [0.25, 0.3) is 5.56 Å². The number of carbonyl (C=O) groups excluding carboxylic acids is 1. The highest BCUT2D eigenvalue weighted by molar-refractivity contribution is 5.91. The Kier molecular flexibility index (Phi) is 3.26. The lowest BCUT2D eigenvalue weighted by Gasteiger charge is -2.10. The average Bonchev–Trinajstić information content (AvgIpc) is 2.24. The minimum atomic E-state index is -0.531. The summed E-state index contributed by atoms with van der Waals surface area (Å²) in [6.45, 7) is 1.77. The fourth-order valence-corrected chi connectivity index (χ4v) is 1.36. The van der Waals surface area contributed by atoms with Crippen molar-refractivity contribution < 1.29 is 9.53 Å². The quantitative estimate of drug-likeness (QED) is 0.694. The van der Waals surface area contributed by atoms with Crippen LogP contribution in [0.2, 0.25) is 0 Å². The molecule has 1 aromatic rings. The van der Waals surface area contributed by atoms with Gasteiger partial charge >= 0.3 is 5.97 Å². The molecule has 0 amide bonds. The standard InChI is InChI=1S/C10H14N2O3/c1-6-4-7(10(14)15-3)8(5-11)9(13)12(6)2/h4H,5,11H2,1-3H3. The van der Waals surface area contributed by atoms with Gasteiger partial charge in [-0.2, -0.15) is 0 Å². The second kappa shape index (κ2) is 4.27. The van der Waals surface area contributed by atoms with Gasteiger partial charge in [0.2, 0.25) is 0 Å². The third-order valence-corrected chi connectivity index (χ3v) is 2.38. The van der Waals surface area contributed by atoms with Crippen molar-refractivity contribution in [3.05, 3.63) is 33.2 Å². The monoisotopic (exact) mass is 210 g/mol. The van der Waals surface area contributed by atoms with Gasteiger partial charge in [0.1, 0.15) is 0 Å². The molecule has 82 valence electrons. The molecule has 0 aliphatic carbocycles. The minimum Gasteiger partial charge on any atom is -0.465 e. The van der Waals surface area contributed by atoms with Gasteiger partial charge in [-0.25, -0.2) is 4.79 Å². The molecule has 5 nitrogen and oxygen atoms in total. The molecule has 0 radical (unpaired) electrons. The van der Waals surface area contributed by atoms with E-state index >= 15 is 0 Å². The zero-order valence-corrected chi connectivity index (χ0v) is 9.03. The lowest BCUT2D eigenvalue weighted by molar-refractivity contribution is 0.0599. The number of esters is 1. The van der Waals surface area contributed by atoms with E-state index in [1.165, 1.54) is 11.7 Å². The first kappa shape index (κ1) is 11.5. The second-order valence-corrected chi connectivity index (χ2v) is 3.24. The molecule has 0 saturated carbocycles. The van der Waals surface area contributed by atoms with Gasteiger partial charge in [0, 0.05) is 24.8 Å². The molecular weight excluding hydrogens is 196 g/mol. The molecular formula is C10H14N2O3. The highest BCUT2D eigenvalue weighted by Gasteiger charge is 2.16. The summed E-state index contributed by atoms with van der Waals surface area (Å²) in [6, 6.07) is 1.61. The van der Waals surface area contributed by atoms with E-state index in [1.807, 2.05) is 0 Å². The number of nitrogens with zero attached hydrogens (tertiary/aromatic N) is 1. The number of rotatable bonds is 2. The fraction of sp³-hybridized carbons (Fsp3) is 0.400. The Hall–Kier alpha value is -1.62. The second-order valence-electron chi connectivity index (χ2n) is 3.24. The fourth-order valence-electron chi connectivity index (χ4n) is 1.36. The first-order valence-corrected chi connectivity index (χ1v) is 4.50. The molecule has 1 rings (SSSR count). The van der Waals surface area contributed by atoms with Gasteiger partial charge in [0.15, 0.2) is 0 Å². The van der Waals surface area contributed by atoms with Crippen LogP contribution in [0.5, 0.6) is 0 Å². The molecule has 0 fully saturated rings. The molecule has 0 bridgehead atoms. The predicted molar refractivity (Wildman–Crippen MR) is 55.7 cm³/mol. The smallest absolute Gasteiger partial charge is 0.338 e. The number of hydrogen-bond acceptors (Lipinski definition) is 4. The van der Waals surface area contributed by atoms with Crippen LogP contribution in [-0.2, 0) is 18.3 Å². The van der Waals surface area contributed by atoms with E-state index in [1.54, 1.807) is 20.0 Å². The first-order chi connectivity index (χ1) is 7.02. The maximum Gasteiger partial charge on any atom is 0.338 e. The number of hydrogen-bond donors (Lipinski definition) is 1. The van der Waals surface area contributed by atoms with Gasteiger partial charge in [0.05, 0.1) is 12.7 Å². The van der Waals surface area contributed by atoms with Crippen LogP contribution in [0.15, 0.2) is 10.9 Å². The van der Waals surface area contributed by atoms with Crippen LogP contribution in [0.3, 0.4) is 0 Å². The van der Waals surface area contributed by atoms with Gasteiger partial charge in [-0.3, -0.25) is 4.79 Å². The van der Waals surface area contributed by atoms with Crippen LogP contribution in [-0.4, -0.2) is 17.6 Å². The van der Waals surface area contributed by atoms with Crippen molar-refractivity contribution in [2.45, 2.75) is 13.5 Å². The Morgan fingerprint density at radius 3 is 2.67 bits per heavy atom. The number of methoxy groups -OCH3 is 1. The summed E-state index contributed by atoms with van der Waals surface area (Å²) >= 11 is 0. The molecule has 0 aliphatic heterocycles. The van der Waals surface area contributed by atoms with Crippen LogP contribution >= 0.6 is 0 Å². The normalized spacial score (nSPS) is 10.1. The van der Waals surface area contributed by atoms with Crippen LogP contribution in [0, 0.1) is 6.92 Å². The Balaban J connectivity index is 3.52. The molecule has 0 spiro atoms. The SMILES string of the molecule is COC(=O)c1cc(C)n(C)c(=O)c1CN. The van der Waals surface area contributed by atoms with E-state index in [9.17, 15) is 9.59 Å². The molecule has 0 atom stereocenters. The summed E-state index contributed by atoms with van der Waals surface area (Å²) in [7, 11) is 2.91. The molecule has 0 aliphatic rings. The third kappa shape index (κ3) is 1.92. The number of pyridine rings is 1. The van der Waals surface area contributed by atoms with Crippen LogP contribution in [0.4, 0.5) is 0 Å². The molecule has 0 aromatic carbocycles. The summed E-state index contributed by atoms with van der Waals surface area (Å²) < 4.78 is 6.04. The summed E-state index contributed by atoms with van der Waals surface area (Å²) in [4.78, 5) is 23.1. The third-order valence-electron chi connectivity index (χ3n) is 2.38. The van der Waals surface area contributed by atoms with Crippen molar-refractivity contribution in [1.82, 2.24) is 4.57 Å². The van der Waals surface area contributed by atoms with Crippen molar-refractivity contribution in [2.75, 3.05) is 7.11 Å². The molecule has 15 heavy (non-hydrogen) atoms. The number of aryl methyl sites for hydroxylation is 1. The van der Waals surface area contributed by atoms with Crippen molar-refractivity contribution in [2.24, 2.45) is 12.8 Å². The van der Waals surface area contributed by atoms with Gasteiger partial charge < -0.3 is 15.0 Å². The highest BCUT2D eigenvalue weighted by atomic mass is 16.5. The van der Waals surface area contributed by atoms with E-state index in [0.717, 1.165) is 0 Å². The number of aromatic nitrogens is 1. The largest absolute Gasteiger partial charge is 0.465 e. The van der Waals surface area contributed by atoms with Gasteiger partial charge in [-0.1, -0.05) is 0 Å². The van der Waals surface area contributed by atoms with Crippen LogP contribution < -0.4 is 11.3 Å². The molecule has 1 aromatic heterocycles. The summed E-state index contributed by atoms with van der Waals surface area (Å²) in [5, 5.41) is 0.